The van der Waals surface area contributed by atoms with Crippen LogP contribution in [0, 0.1) is 0 Å². The lowest BCUT2D eigenvalue weighted by Gasteiger charge is -2.20. The minimum absolute atomic E-state index is 0.139. The molecule has 1 amide bonds. The second-order valence-electron chi connectivity index (χ2n) is 5.42. The Balaban J connectivity index is 1.79. The average molecular weight is 359 g/mol. The van der Waals surface area contributed by atoms with E-state index < -0.39 is 0 Å². The van der Waals surface area contributed by atoms with Gasteiger partial charge in [0.1, 0.15) is 0 Å². The number of halogens is 1. The summed E-state index contributed by atoms with van der Waals surface area (Å²) in [4.78, 5) is 14.0. The van der Waals surface area contributed by atoms with Gasteiger partial charge in [-0.15, -0.1) is 0 Å². The molecule has 2 aromatic rings. The van der Waals surface area contributed by atoms with Crippen LogP contribution in [-0.2, 0) is 4.79 Å². The lowest BCUT2D eigenvalue weighted by Crippen LogP contribution is -2.25. The maximum Gasteiger partial charge on any atom is 0.259 e. The maximum atomic E-state index is 11.8. The Kier molecular flexibility index (Phi) is 7.29. The molecule has 132 valence electrons. The number of rotatable bonds is 8. The van der Waals surface area contributed by atoms with E-state index in [9.17, 15) is 4.79 Å². The van der Waals surface area contributed by atoms with Crippen LogP contribution in [0.3, 0.4) is 0 Å². The monoisotopic (exact) mass is 358 g/mol. The minimum atomic E-state index is -0.217. The summed E-state index contributed by atoms with van der Waals surface area (Å²) in [6, 6.07) is 15.2. The van der Waals surface area contributed by atoms with E-state index >= 15 is 0 Å². The SMILES string of the molecule is CCN(CC)c1ccc(/C=N/NC(=O)CNc2ccc(Cl)cc2)cc1. The van der Waals surface area contributed by atoms with Crippen molar-refractivity contribution in [3.05, 3.63) is 59.1 Å². The Hall–Kier alpha value is -2.53. The highest BCUT2D eigenvalue weighted by Crippen LogP contribution is 2.14. The third-order valence-electron chi connectivity index (χ3n) is 3.72. The molecule has 0 bridgehead atoms. The van der Waals surface area contributed by atoms with Crippen LogP contribution >= 0.6 is 11.6 Å². The Bertz CT molecular complexity index is 694. The van der Waals surface area contributed by atoms with Gasteiger partial charge in [-0.25, -0.2) is 5.43 Å². The predicted octanol–water partition coefficient (Wildman–Crippen LogP) is 3.75. The van der Waals surface area contributed by atoms with Crippen molar-refractivity contribution in [2.24, 2.45) is 5.10 Å². The van der Waals surface area contributed by atoms with E-state index in [1.165, 1.54) is 5.69 Å². The van der Waals surface area contributed by atoms with Gasteiger partial charge in [-0.2, -0.15) is 5.10 Å². The van der Waals surface area contributed by atoms with E-state index in [0.29, 0.717) is 5.02 Å². The molecule has 2 aromatic carbocycles. The third-order valence-corrected chi connectivity index (χ3v) is 3.97. The molecule has 0 unspecified atom stereocenters. The summed E-state index contributed by atoms with van der Waals surface area (Å²) in [5.41, 5.74) is 5.44. The van der Waals surface area contributed by atoms with Crippen molar-refractivity contribution in [2.45, 2.75) is 13.8 Å². The number of carbonyl (C=O) groups is 1. The van der Waals surface area contributed by atoms with Crippen molar-refractivity contribution in [3.63, 3.8) is 0 Å². The Morgan fingerprint density at radius 3 is 2.32 bits per heavy atom. The highest BCUT2D eigenvalue weighted by molar-refractivity contribution is 6.30. The normalized spacial score (nSPS) is 10.7. The molecule has 0 spiro atoms. The maximum absolute atomic E-state index is 11.8. The quantitative estimate of drug-likeness (QED) is 0.558. The molecule has 25 heavy (non-hydrogen) atoms. The summed E-state index contributed by atoms with van der Waals surface area (Å²) >= 11 is 5.82. The topological polar surface area (TPSA) is 56.7 Å². The fraction of sp³-hybridized carbons (Fsp3) is 0.263. The van der Waals surface area contributed by atoms with Crippen LogP contribution in [-0.4, -0.2) is 31.8 Å². The highest BCUT2D eigenvalue weighted by atomic mass is 35.5. The number of hydrazone groups is 1. The zero-order valence-corrected chi connectivity index (χ0v) is 15.3. The van der Waals surface area contributed by atoms with Crippen LogP contribution in [0.25, 0.3) is 0 Å². The van der Waals surface area contributed by atoms with Crippen molar-refractivity contribution < 1.29 is 4.79 Å². The van der Waals surface area contributed by atoms with Gasteiger partial charge in [-0.1, -0.05) is 23.7 Å². The molecule has 0 heterocycles. The highest BCUT2D eigenvalue weighted by Gasteiger charge is 2.01. The number of nitrogens with one attached hydrogen (secondary N) is 2. The zero-order valence-electron chi connectivity index (χ0n) is 14.5. The number of carbonyl (C=O) groups excluding carboxylic acids is 1. The molecule has 6 heteroatoms. The lowest BCUT2D eigenvalue weighted by atomic mass is 10.2. The van der Waals surface area contributed by atoms with Gasteiger partial charge in [0.15, 0.2) is 0 Å². The molecule has 0 fully saturated rings. The van der Waals surface area contributed by atoms with Crippen molar-refractivity contribution in [1.29, 1.82) is 0 Å². The standard InChI is InChI=1S/C19H23ClN4O/c1-3-24(4-2)18-11-5-15(6-12-18)13-22-23-19(25)14-21-17-9-7-16(20)8-10-17/h5-13,21H,3-4,14H2,1-2H3,(H,23,25)/b22-13+. The van der Waals surface area contributed by atoms with Crippen molar-refractivity contribution in [2.75, 3.05) is 29.9 Å². The minimum Gasteiger partial charge on any atom is -0.376 e. The summed E-state index contributed by atoms with van der Waals surface area (Å²) in [6.07, 6.45) is 1.63. The molecule has 0 atom stereocenters. The van der Waals surface area contributed by atoms with E-state index in [4.69, 9.17) is 11.6 Å². The first kappa shape index (κ1) is 18.8. The van der Waals surface area contributed by atoms with Gasteiger partial charge < -0.3 is 10.2 Å². The van der Waals surface area contributed by atoms with E-state index in [0.717, 1.165) is 24.3 Å². The number of amides is 1. The first-order chi connectivity index (χ1) is 12.1. The summed E-state index contributed by atoms with van der Waals surface area (Å²) in [7, 11) is 0. The number of nitrogens with zero attached hydrogens (tertiary/aromatic N) is 2. The number of benzene rings is 2. The van der Waals surface area contributed by atoms with Crippen molar-refractivity contribution in [1.82, 2.24) is 5.43 Å². The Morgan fingerprint density at radius 1 is 1.08 bits per heavy atom. The van der Waals surface area contributed by atoms with E-state index in [1.807, 2.05) is 24.3 Å². The van der Waals surface area contributed by atoms with Crippen LogP contribution in [0.4, 0.5) is 11.4 Å². The van der Waals surface area contributed by atoms with Crippen LogP contribution in [0.5, 0.6) is 0 Å². The number of anilines is 2. The van der Waals surface area contributed by atoms with Crippen molar-refractivity contribution in [3.8, 4) is 0 Å². The third kappa shape index (κ3) is 6.12. The van der Waals surface area contributed by atoms with Gasteiger partial charge in [-0.05, 0) is 55.8 Å². The Morgan fingerprint density at radius 2 is 1.72 bits per heavy atom. The predicted molar refractivity (Wildman–Crippen MR) is 106 cm³/mol. The molecule has 0 aliphatic carbocycles. The number of hydrogen-bond donors (Lipinski definition) is 2. The Labute approximate surface area is 153 Å². The molecule has 0 radical (unpaired) electrons. The molecule has 0 saturated heterocycles. The molecule has 0 saturated carbocycles. The second kappa shape index (κ2) is 9.69. The molecular formula is C19H23ClN4O. The lowest BCUT2D eigenvalue weighted by molar-refractivity contribution is -0.119. The van der Waals surface area contributed by atoms with E-state index in [2.05, 4.69) is 46.7 Å². The molecule has 2 rings (SSSR count). The van der Waals surface area contributed by atoms with Crippen LogP contribution in [0.15, 0.2) is 53.6 Å². The van der Waals surface area contributed by atoms with Gasteiger partial charge in [0.25, 0.3) is 5.91 Å². The summed E-state index contributed by atoms with van der Waals surface area (Å²) in [5.74, 6) is -0.217. The van der Waals surface area contributed by atoms with Gasteiger partial charge in [0.2, 0.25) is 0 Å². The first-order valence-corrected chi connectivity index (χ1v) is 8.66. The molecule has 2 N–H and O–H groups in total. The van der Waals surface area contributed by atoms with Crippen LogP contribution in [0.1, 0.15) is 19.4 Å². The molecule has 0 aliphatic rings. The summed E-state index contributed by atoms with van der Waals surface area (Å²) in [6.45, 7) is 6.35. The molecule has 0 aromatic heterocycles. The smallest absolute Gasteiger partial charge is 0.259 e. The largest absolute Gasteiger partial charge is 0.376 e. The number of hydrogen-bond acceptors (Lipinski definition) is 4. The van der Waals surface area contributed by atoms with E-state index in [-0.39, 0.29) is 12.5 Å². The van der Waals surface area contributed by atoms with Crippen molar-refractivity contribution >= 4 is 35.1 Å². The fourth-order valence-electron chi connectivity index (χ4n) is 2.33. The second-order valence-corrected chi connectivity index (χ2v) is 5.85. The van der Waals surface area contributed by atoms with Gasteiger partial charge in [0.05, 0.1) is 12.8 Å². The summed E-state index contributed by atoms with van der Waals surface area (Å²) < 4.78 is 0. The first-order valence-electron chi connectivity index (χ1n) is 8.28. The average Bonchev–Trinajstić information content (AvgIpc) is 2.63. The molecule has 0 aliphatic heterocycles. The van der Waals surface area contributed by atoms with Crippen LogP contribution in [0.2, 0.25) is 5.02 Å². The van der Waals surface area contributed by atoms with Gasteiger partial charge >= 0.3 is 0 Å². The van der Waals surface area contributed by atoms with Crippen LogP contribution < -0.4 is 15.6 Å². The fourth-order valence-corrected chi connectivity index (χ4v) is 2.45. The zero-order chi connectivity index (χ0) is 18.1. The summed E-state index contributed by atoms with van der Waals surface area (Å²) in [5, 5.41) is 7.65. The van der Waals surface area contributed by atoms with Gasteiger partial charge in [0, 0.05) is 29.5 Å². The van der Waals surface area contributed by atoms with Gasteiger partial charge in [-0.3, -0.25) is 4.79 Å². The molecule has 5 nitrogen and oxygen atoms in total. The van der Waals surface area contributed by atoms with E-state index in [1.54, 1.807) is 18.3 Å². The molecular weight excluding hydrogens is 336 g/mol.